The van der Waals surface area contributed by atoms with E-state index in [4.69, 9.17) is 4.74 Å². The number of rotatable bonds is 5. The first kappa shape index (κ1) is 16.9. The van der Waals surface area contributed by atoms with Gasteiger partial charge in [0.25, 0.3) is 5.56 Å². The summed E-state index contributed by atoms with van der Waals surface area (Å²) in [5.74, 6) is -0.431. The number of carbonyl (C=O) groups is 2. The first-order chi connectivity index (χ1) is 11.0. The van der Waals surface area contributed by atoms with Crippen LogP contribution in [0.25, 0.3) is 0 Å². The number of hydrogen-bond donors (Lipinski definition) is 1. The summed E-state index contributed by atoms with van der Waals surface area (Å²) in [6.45, 7) is 3.78. The highest BCUT2D eigenvalue weighted by Gasteiger charge is 2.18. The molecular formula is C14H20N4O5. The van der Waals surface area contributed by atoms with Crippen molar-refractivity contribution in [1.82, 2.24) is 15.1 Å². The van der Waals surface area contributed by atoms with Crippen LogP contribution in [0.15, 0.2) is 16.9 Å². The maximum absolute atomic E-state index is 11.9. The Kier molecular flexibility index (Phi) is 5.69. The molecule has 1 aromatic heterocycles. The molecular weight excluding hydrogens is 304 g/mol. The number of morpholine rings is 1. The van der Waals surface area contributed by atoms with Crippen molar-refractivity contribution >= 4 is 17.7 Å². The molecule has 23 heavy (non-hydrogen) atoms. The molecule has 2 heterocycles. The summed E-state index contributed by atoms with van der Waals surface area (Å²) >= 11 is 0. The van der Waals surface area contributed by atoms with Gasteiger partial charge in [0, 0.05) is 19.2 Å². The summed E-state index contributed by atoms with van der Waals surface area (Å²) in [6, 6.07) is 2.21. The number of ether oxygens (including phenoxy) is 2. The third-order valence-corrected chi connectivity index (χ3v) is 3.41. The zero-order valence-electron chi connectivity index (χ0n) is 13.2. The van der Waals surface area contributed by atoms with Crippen molar-refractivity contribution in [2.75, 3.05) is 38.3 Å². The minimum absolute atomic E-state index is 0.266. The maximum Gasteiger partial charge on any atom is 0.328 e. The molecule has 1 aliphatic rings. The third kappa shape index (κ3) is 4.52. The molecule has 1 amide bonds. The lowest BCUT2D eigenvalue weighted by atomic mass is 10.3. The fraction of sp³-hybridized carbons (Fsp3) is 0.571. The van der Waals surface area contributed by atoms with E-state index in [0.717, 1.165) is 4.68 Å². The van der Waals surface area contributed by atoms with E-state index < -0.39 is 17.9 Å². The minimum atomic E-state index is -0.786. The summed E-state index contributed by atoms with van der Waals surface area (Å²) in [5.41, 5.74) is -0.386. The van der Waals surface area contributed by atoms with Crippen LogP contribution in [0.5, 0.6) is 0 Å². The smallest absolute Gasteiger partial charge is 0.328 e. The maximum atomic E-state index is 11.9. The van der Waals surface area contributed by atoms with Crippen LogP contribution in [0.1, 0.15) is 6.92 Å². The van der Waals surface area contributed by atoms with Gasteiger partial charge in [0.1, 0.15) is 18.4 Å². The molecule has 1 atom stereocenters. The van der Waals surface area contributed by atoms with Crippen molar-refractivity contribution in [3.63, 3.8) is 0 Å². The number of nitrogens with one attached hydrogen (secondary N) is 1. The van der Waals surface area contributed by atoms with Crippen molar-refractivity contribution in [2.45, 2.75) is 19.5 Å². The lowest BCUT2D eigenvalue weighted by Gasteiger charge is -2.27. The predicted octanol–water partition coefficient (Wildman–Crippen LogP) is -1.24. The van der Waals surface area contributed by atoms with Gasteiger partial charge in [-0.2, -0.15) is 5.10 Å². The number of hydrogen-bond acceptors (Lipinski definition) is 7. The molecule has 0 aliphatic carbocycles. The Balaban J connectivity index is 2.05. The third-order valence-electron chi connectivity index (χ3n) is 3.41. The minimum Gasteiger partial charge on any atom is -0.467 e. The van der Waals surface area contributed by atoms with E-state index in [1.54, 1.807) is 6.07 Å². The molecule has 0 aromatic carbocycles. The van der Waals surface area contributed by atoms with Crippen LogP contribution >= 0.6 is 0 Å². The first-order valence-electron chi connectivity index (χ1n) is 7.29. The Bertz CT molecular complexity index is 624. The highest BCUT2D eigenvalue weighted by Crippen LogP contribution is 2.09. The normalized spacial score (nSPS) is 15.8. The molecule has 9 nitrogen and oxygen atoms in total. The van der Waals surface area contributed by atoms with Crippen molar-refractivity contribution in [3.05, 3.63) is 22.5 Å². The van der Waals surface area contributed by atoms with Crippen molar-refractivity contribution in [3.8, 4) is 0 Å². The van der Waals surface area contributed by atoms with Crippen molar-refractivity contribution in [2.24, 2.45) is 0 Å². The topological polar surface area (TPSA) is 103 Å². The second kappa shape index (κ2) is 7.73. The van der Waals surface area contributed by atoms with Gasteiger partial charge < -0.3 is 19.7 Å². The Labute approximate surface area is 133 Å². The summed E-state index contributed by atoms with van der Waals surface area (Å²) in [5, 5.41) is 6.66. The van der Waals surface area contributed by atoms with Crippen molar-refractivity contribution in [1.29, 1.82) is 0 Å². The lowest BCUT2D eigenvalue weighted by molar-refractivity contribution is -0.144. The Hall–Kier alpha value is -2.42. The standard InChI is InChI=1S/C14H20N4O5/c1-10(14(21)22-2)15-12(19)9-18-13(20)4-3-11(16-18)17-5-7-23-8-6-17/h3-4,10H,5-9H2,1-2H3,(H,15,19)/t10-/m1/s1. The van der Waals surface area contributed by atoms with Gasteiger partial charge in [-0.25, -0.2) is 9.48 Å². The molecule has 0 saturated carbocycles. The highest BCUT2D eigenvalue weighted by atomic mass is 16.5. The van der Waals surface area contributed by atoms with E-state index in [0.29, 0.717) is 32.1 Å². The number of carbonyl (C=O) groups excluding carboxylic acids is 2. The van der Waals surface area contributed by atoms with Crippen molar-refractivity contribution < 1.29 is 19.1 Å². The second-order valence-electron chi connectivity index (χ2n) is 5.10. The molecule has 0 spiro atoms. The number of nitrogens with zero attached hydrogens (tertiary/aromatic N) is 3. The number of amides is 1. The van der Waals surface area contributed by atoms with Crippen LogP contribution in [0.2, 0.25) is 0 Å². The van der Waals surface area contributed by atoms with E-state index in [1.165, 1.54) is 20.1 Å². The van der Waals surface area contributed by atoms with Gasteiger partial charge in [-0.3, -0.25) is 9.59 Å². The molecule has 1 N–H and O–H groups in total. The fourth-order valence-corrected chi connectivity index (χ4v) is 2.17. The van der Waals surface area contributed by atoms with Gasteiger partial charge in [-0.05, 0) is 13.0 Å². The largest absolute Gasteiger partial charge is 0.467 e. The Morgan fingerprint density at radius 1 is 1.39 bits per heavy atom. The van der Waals surface area contributed by atoms with Gasteiger partial charge >= 0.3 is 5.97 Å². The molecule has 2 rings (SSSR count). The lowest BCUT2D eigenvalue weighted by Crippen LogP contribution is -2.43. The number of anilines is 1. The first-order valence-corrected chi connectivity index (χ1v) is 7.29. The average Bonchev–Trinajstić information content (AvgIpc) is 2.56. The summed E-state index contributed by atoms with van der Waals surface area (Å²) in [6.07, 6.45) is 0. The molecule has 1 fully saturated rings. The molecule has 1 aromatic rings. The fourth-order valence-electron chi connectivity index (χ4n) is 2.17. The summed E-state index contributed by atoms with van der Waals surface area (Å²) in [4.78, 5) is 37.1. The molecule has 0 radical (unpaired) electrons. The molecule has 9 heteroatoms. The van der Waals surface area contributed by atoms with E-state index >= 15 is 0 Å². The van der Waals surface area contributed by atoms with E-state index in [1.807, 2.05) is 4.90 Å². The van der Waals surface area contributed by atoms with E-state index in [2.05, 4.69) is 15.2 Å². The molecule has 0 unspecified atom stereocenters. The molecule has 1 saturated heterocycles. The van der Waals surface area contributed by atoms with Gasteiger partial charge in [-0.15, -0.1) is 0 Å². The second-order valence-corrected chi connectivity index (χ2v) is 5.10. The SMILES string of the molecule is COC(=O)[C@@H](C)NC(=O)Cn1nc(N2CCOCC2)ccc1=O. The van der Waals surface area contributed by atoms with Crippen LogP contribution in [0.4, 0.5) is 5.82 Å². The monoisotopic (exact) mass is 324 g/mol. The van der Waals surface area contributed by atoms with E-state index in [9.17, 15) is 14.4 Å². The average molecular weight is 324 g/mol. The summed E-state index contributed by atoms with van der Waals surface area (Å²) in [7, 11) is 1.24. The van der Waals surface area contributed by atoms with Crippen LogP contribution in [0.3, 0.4) is 0 Å². The number of methoxy groups -OCH3 is 1. The quantitative estimate of drug-likeness (QED) is 0.676. The van der Waals surface area contributed by atoms with Crippen LogP contribution in [-0.4, -0.2) is 61.1 Å². The van der Waals surface area contributed by atoms with Gasteiger partial charge in [-0.1, -0.05) is 0 Å². The molecule has 126 valence electrons. The van der Waals surface area contributed by atoms with E-state index in [-0.39, 0.29) is 12.1 Å². The zero-order valence-corrected chi connectivity index (χ0v) is 13.2. The molecule has 0 bridgehead atoms. The molecule has 1 aliphatic heterocycles. The number of esters is 1. The predicted molar refractivity (Wildman–Crippen MR) is 81.1 cm³/mol. The Morgan fingerprint density at radius 3 is 2.74 bits per heavy atom. The zero-order chi connectivity index (χ0) is 16.8. The summed E-state index contributed by atoms with van der Waals surface area (Å²) < 4.78 is 10.9. The van der Waals surface area contributed by atoms with Gasteiger partial charge in [0.15, 0.2) is 0 Å². The van der Waals surface area contributed by atoms with Gasteiger partial charge in [0.05, 0.1) is 20.3 Å². The highest BCUT2D eigenvalue weighted by molar-refractivity contribution is 5.83. The van der Waals surface area contributed by atoms with Crippen LogP contribution in [-0.2, 0) is 25.6 Å². The van der Waals surface area contributed by atoms with Crippen LogP contribution < -0.4 is 15.8 Å². The van der Waals surface area contributed by atoms with Gasteiger partial charge in [0.2, 0.25) is 5.91 Å². The Morgan fingerprint density at radius 2 is 2.09 bits per heavy atom. The number of aromatic nitrogens is 2. The van der Waals surface area contributed by atoms with Crippen LogP contribution in [0, 0.1) is 0 Å².